The van der Waals surface area contributed by atoms with Gasteiger partial charge in [0.1, 0.15) is 12.4 Å². The summed E-state index contributed by atoms with van der Waals surface area (Å²) in [5, 5.41) is 2.59. The average molecular weight is 426 g/mol. The van der Waals surface area contributed by atoms with Crippen LogP contribution in [0.2, 0.25) is 0 Å². The Kier molecular flexibility index (Phi) is 5.10. The fraction of sp³-hybridized carbons (Fsp3) is 0.136. The highest BCUT2D eigenvalue weighted by molar-refractivity contribution is 5.91. The summed E-state index contributed by atoms with van der Waals surface area (Å²) in [5.74, 6) is 0.145. The number of alkyl halides is 3. The number of halogens is 3. The molecule has 31 heavy (non-hydrogen) atoms. The van der Waals surface area contributed by atoms with Crippen LogP contribution in [0.25, 0.3) is 22.4 Å². The van der Waals surface area contributed by atoms with Crippen molar-refractivity contribution in [2.75, 3.05) is 5.32 Å². The molecule has 2 aromatic heterocycles. The number of nitrogens with one attached hydrogen (secondary N) is 1. The summed E-state index contributed by atoms with van der Waals surface area (Å²) in [6, 6.07) is 16.1. The van der Waals surface area contributed by atoms with E-state index in [1.165, 1.54) is 0 Å². The van der Waals surface area contributed by atoms with Crippen LogP contribution in [-0.4, -0.2) is 20.0 Å². The second-order valence-electron chi connectivity index (χ2n) is 6.99. The van der Waals surface area contributed by atoms with Gasteiger partial charge in [0.15, 0.2) is 0 Å². The van der Waals surface area contributed by atoms with Crippen LogP contribution in [0.3, 0.4) is 0 Å². The fourth-order valence-corrected chi connectivity index (χ4v) is 3.28. The van der Waals surface area contributed by atoms with Gasteiger partial charge >= 0.3 is 6.18 Å². The van der Waals surface area contributed by atoms with E-state index in [9.17, 15) is 22.8 Å². The van der Waals surface area contributed by atoms with E-state index < -0.39 is 29.8 Å². The molecule has 2 aromatic carbocycles. The summed E-state index contributed by atoms with van der Waals surface area (Å²) in [6.07, 6.45) is -3.96. The zero-order valence-electron chi connectivity index (χ0n) is 16.3. The molecule has 4 aromatic rings. The molecule has 6 nitrogen and oxygen atoms in total. The molecule has 0 atom stereocenters. The number of imidazole rings is 1. The first-order valence-corrected chi connectivity index (χ1v) is 9.32. The van der Waals surface area contributed by atoms with Gasteiger partial charge in [-0.2, -0.15) is 13.2 Å². The summed E-state index contributed by atoms with van der Waals surface area (Å²) in [6.45, 7) is -0.532. The molecule has 0 aliphatic carbocycles. The van der Waals surface area contributed by atoms with Gasteiger partial charge in [-0.3, -0.25) is 9.59 Å². The average Bonchev–Trinajstić information content (AvgIpc) is 3.06. The number of aromatic nitrogens is 3. The summed E-state index contributed by atoms with van der Waals surface area (Å²) in [4.78, 5) is 28.7. The third kappa shape index (κ3) is 4.20. The highest BCUT2D eigenvalue weighted by Crippen LogP contribution is 2.28. The minimum absolute atomic E-state index is 0.451. The third-order valence-corrected chi connectivity index (χ3v) is 4.84. The van der Waals surface area contributed by atoms with Crippen LogP contribution >= 0.6 is 0 Å². The van der Waals surface area contributed by atoms with Crippen molar-refractivity contribution in [2.24, 2.45) is 7.05 Å². The standard InChI is InChI=1S/C22H17F3N4O2/c1-28-18-5-3-2-4-17(18)27-21(28)14-6-9-16(10-7-14)26-19(30)13-29-12-15(22(23,24)25)8-11-20(29)31/h2-12H,13H2,1H3,(H,26,30). The molecule has 0 aliphatic rings. The minimum atomic E-state index is -4.60. The van der Waals surface area contributed by atoms with Crippen LogP contribution in [0, 0.1) is 0 Å². The predicted molar refractivity (Wildman–Crippen MR) is 110 cm³/mol. The first-order chi connectivity index (χ1) is 14.7. The molecule has 0 saturated carbocycles. The predicted octanol–water partition coefficient (Wildman–Crippen LogP) is 4.06. The van der Waals surface area contributed by atoms with Crippen molar-refractivity contribution in [3.63, 3.8) is 0 Å². The molecule has 0 fully saturated rings. The van der Waals surface area contributed by atoms with E-state index in [1.54, 1.807) is 24.3 Å². The first kappa shape index (κ1) is 20.4. The molecule has 4 rings (SSSR count). The number of pyridine rings is 1. The summed E-state index contributed by atoms with van der Waals surface area (Å²) < 4.78 is 41.2. The van der Waals surface area contributed by atoms with E-state index >= 15 is 0 Å². The highest BCUT2D eigenvalue weighted by atomic mass is 19.4. The number of hydrogen-bond acceptors (Lipinski definition) is 3. The Hall–Kier alpha value is -3.88. The number of carbonyl (C=O) groups excluding carboxylic acids is 1. The molecule has 0 saturated heterocycles. The van der Waals surface area contributed by atoms with Crippen molar-refractivity contribution >= 4 is 22.6 Å². The lowest BCUT2D eigenvalue weighted by atomic mass is 10.2. The molecule has 158 valence electrons. The van der Waals surface area contributed by atoms with Gasteiger partial charge in [0, 0.05) is 30.6 Å². The lowest BCUT2D eigenvalue weighted by Gasteiger charge is -2.11. The van der Waals surface area contributed by atoms with Crippen LogP contribution in [0.5, 0.6) is 0 Å². The third-order valence-electron chi connectivity index (χ3n) is 4.84. The van der Waals surface area contributed by atoms with Crippen molar-refractivity contribution < 1.29 is 18.0 Å². The smallest absolute Gasteiger partial charge is 0.327 e. The molecule has 0 aliphatic heterocycles. The SMILES string of the molecule is Cn1c(-c2ccc(NC(=O)Cn3cc(C(F)(F)F)ccc3=O)cc2)nc2ccccc21. The van der Waals surface area contributed by atoms with Crippen LogP contribution in [-0.2, 0) is 24.6 Å². The van der Waals surface area contributed by atoms with Crippen molar-refractivity contribution in [3.05, 3.63) is 82.8 Å². The van der Waals surface area contributed by atoms with E-state index in [0.717, 1.165) is 33.1 Å². The first-order valence-electron chi connectivity index (χ1n) is 9.32. The van der Waals surface area contributed by atoms with Crippen LogP contribution in [0.15, 0.2) is 71.7 Å². The van der Waals surface area contributed by atoms with E-state index in [-0.39, 0.29) is 0 Å². The van der Waals surface area contributed by atoms with E-state index in [1.807, 2.05) is 35.9 Å². The molecule has 2 heterocycles. The van der Waals surface area contributed by atoms with Gasteiger partial charge in [0.2, 0.25) is 5.91 Å². The van der Waals surface area contributed by atoms with Crippen molar-refractivity contribution in [3.8, 4) is 11.4 Å². The van der Waals surface area contributed by atoms with E-state index in [2.05, 4.69) is 10.3 Å². The zero-order valence-corrected chi connectivity index (χ0v) is 16.3. The largest absolute Gasteiger partial charge is 0.417 e. The summed E-state index contributed by atoms with van der Waals surface area (Å²) in [7, 11) is 1.91. The van der Waals surface area contributed by atoms with Crippen LogP contribution in [0.1, 0.15) is 5.56 Å². The maximum atomic E-state index is 12.8. The number of hydrogen-bond donors (Lipinski definition) is 1. The van der Waals surface area contributed by atoms with Gasteiger partial charge < -0.3 is 14.5 Å². The number of benzene rings is 2. The van der Waals surface area contributed by atoms with E-state index in [4.69, 9.17) is 0 Å². The normalized spacial score (nSPS) is 11.6. The van der Waals surface area contributed by atoms with Gasteiger partial charge in [-0.1, -0.05) is 12.1 Å². The molecule has 0 spiro atoms. The van der Waals surface area contributed by atoms with E-state index in [0.29, 0.717) is 18.0 Å². The Morgan fingerprint density at radius 2 is 1.74 bits per heavy atom. The Morgan fingerprint density at radius 3 is 2.42 bits per heavy atom. The number of carbonyl (C=O) groups is 1. The molecule has 9 heteroatoms. The Labute approximate surface area is 174 Å². The van der Waals surface area contributed by atoms with Gasteiger partial charge in [0.25, 0.3) is 5.56 Å². The van der Waals surface area contributed by atoms with Gasteiger partial charge in [0.05, 0.1) is 16.6 Å². The number of rotatable bonds is 4. The maximum absolute atomic E-state index is 12.8. The molecule has 0 radical (unpaired) electrons. The second-order valence-corrected chi connectivity index (χ2v) is 6.99. The monoisotopic (exact) mass is 426 g/mol. The molecular formula is C22H17F3N4O2. The van der Waals surface area contributed by atoms with Gasteiger partial charge in [-0.25, -0.2) is 4.98 Å². The molecule has 1 amide bonds. The number of fused-ring (bicyclic) bond motifs is 1. The lowest BCUT2D eigenvalue weighted by molar-refractivity contribution is -0.138. The Bertz CT molecular complexity index is 1320. The van der Waals surface area contributed by atoms with Crippen molar-refractivity contribution in [2.45, 2.75) is 12.7 Å². The molecule has 0 bridgehead atoms. The highest BCUT2D eigenvalue weighted by Gasteiger charge is 2.31. The topological polar surface area (TPSA) is 68.9 Å². The summed E-state index contributed by atoms with van der Waals surface area (Å²) in [5.41, 5.74) is 1.45. The summed E-state index contributed by atoms with van der Waals surface area (Å²) >= 11 is 0. The lowest BCUT2D eigenvalue weighted by Crippen LogP contribution is -2.28. The van der Waals surface area contributed by atoms with Gasteiger partial charge in [-0.15, -0.1) is 0 Å². The van der Waals surface area contributed by atoms with Crippen LogP contribution < -0.4 is 10.9 Å². The quantitative estimate of drug-likeness (QED) is 0.535. The number of aryl methyl sites for hydroxylation is 1. The molecule has 0 unspecified atom stereocenters. The number of para-hydroxylation sites is 2. The second kappa shape index (κ2) is 7.75. The van der Waals surface area contributed by atoms with Crippen molar-refractivity contribution in [1.29, 1.82) is 0 Å². The molecule has 1 N–H and O–H groups in total. The Morgan fingerprint density at radius 1 is 1.03 bits per heavy atom. The van der Waals surface area contributed by atoms with Gasteiger partial charge in [-0.05, 0) is 42.5 Å². The maximum Gasteiger partial charge on any atom is 0.417 e. The number of amides is 1. The van der Waals surface area contributed by atoms with Crippen LogP contribution in [0.4, 0.5) is 18.9 Å². The number of anilines is 1. The fourth-order valence-electron chi connectivity index (χ4n) is 3.28. The molecular weight excluding hydrogens is 409 g/mol. The minimum Gasteiger partial charge on any atom is -0.327 e. The Balaban J connectivity index is 1.50. The van der Waals surface area contributed by atoms with Crippen molar-refractivity contribution in [1.82, 2.24) is 14.1 Å². The number of nitrogens with zero attached hydrogens (tertiary/aromatic N) is 3. The zero-order chi connectivity index (χ0) is 22.2.